The van der Waals surface area contributed by atoms with E-state index in [1.165, 1.54) is 13.2 Å². The van der Waals surface area contributed by atoms with E-state index >= 15 is 0 Å². The van der Waals surface area contributed by atoms with Gasteiger partial charge in [0.05, 0.1) is 27.6 Å². The van der Waals surface area contributed by atoms with Gasteiger partial charge >= 0.3 is 5.97 Å². The largest absolute Gasteiger partial charge is 0.469 e. The molecule has 112 valence electrons. The molecule has 1 atom stereocenters. The van der Waals surface area contributed by atoms with E-state index in [0.717, 1.165) is 0 Å². The minimum Gasteiger partial charge on any atom is -0.469 e. The number of carbonyl (C=O) groups is 1. The van der Waals surface area contributed by atoms with Gasteiger partial charge in [0, 0.05) is 16.6 Å². The van der Waals surface area contributed by atoms with Crippen molar-refractivity contribution in [2.24, 2.45) is 11.1 Å². The number of methoxy groups -OCH3 is 1. The third-order valence-corrected chi connectivity index (χ3v) is 4.58. The Bertz CT molecular complexity index is 532. The summed E-state index contributed by atoms with van der Waals surface area (Å²) in [6.45, 7) is 3.47. The molecule has 0 aliphatic rings. The van der Waals surface area contributed by atoms with E-state index in [-0.39, 0.29) is 21.0 Å². The lowest BCUT2D eigenvalue weighted by Crippen LogP contribution is -2.30. The zero-order valence-electron chi connectivity index (χ0n) is 11.3. The highest BCUT2D eigenvalue weighted by Gasteiger charge is 2.33. The van der Waals surface area contributed by atoms with Crippen LogP contribution in [0.4, 0.5) is 0 Å². The van der Waals surface area contributed by atoms with Crippen molar-refractivity contribution in [2.45, 2.75) is 26.3 Å². The Morgan fingerprint density at radius 2 is 1.80 bits per heavy atom. The summed E-state index contributed by atoms with van der Waals surface area (Å²) in [5, 5.41) is 0.971. The zero-order chi connectivity index (χ0) is 15.7. The van der Waals surface area contributed by atoms with Crippen LogP contribution in [0.2, 0.25) is 20.1 Å². The van der Waals surface area contributed by atoms with E-state index in [9.17, 15) is 4.79 Å². The number of nitrogens with two attached hydrogens (primary N) is 1. The minimum absolute atomic E-state index is 0.194. The maximum absolute atomic E-state index is 11.7. The first-order valence-electron chi connectivity index (χ1n) is 5.78. The molecule has 1 aromatic rings. The molecule has 7 heteroatoms. The van der Waals surface area contributed by atoms with Crippen LogP contribution in [-0.2, 0) is 9.53 Å². The lowest BCUT2D eigenvalue weighted by Gasteiger charge is -2.26. The quantitative estimate of drug-likeness (QED) is 0.473. The third kappa shape index (κ3) is 3.71. The van der Waals surface area contributed by atoms with Crippen LogP contribution >= 0.6 is 46.4 Å². The summed E-state index contributed by atoms with van der Waals surface area (Å²) in [5.74, 6) is -0.361. The second kappa shape index (κ2) is 6.71. The molecule has 0 spiro atoms. The van der Waals surface area contributed by atoms with E-state index in [1.54, 1.807) is 13.8 Å². The van der Waals surface area contributed by atoms with E-state index in [4.69, 9.17) is 56.9 Å². The van der Waals surface area contributed by atoms with Crippen LogP contribution < -0.4 is 5.73 Å². The highest BCUT2D eigenvalue weighted by Crippen LogP contribution is 2.42. The Morgan fingerprint density at radius 3 is 2.30 bits per heavy atom. The predicted octanol–water partition coefficient (Wildman–Crippen LogP) is 4.89. The van der Waals surface area contributed by atoms with Crippen LogP contribution in [-0.4, -0.2) is 13.1 Å². The molecule has 0 bridgehead atoms. The number of ether oxygens (including phenoxy) is 1. The van der Waals surface area contributed by atoms with Gasteiger partial charge in [-0.05, 0) is 26.3 Å². The number of rotatable bonds is 4. The van der Waals surface area contributed by atoms with Gasteiger partial charge in [-0.2, -0.15) is 0 Å². The van der Waals surface area contributed by atoms with Crippen molar-refractivity contribution >= 4 is 52.4 Å². The molecule has 0 aliphatic carbocycles. The Balaban J connectivity index is 3.14. The SMILES string of the molecule is COC(=O)C(C)(C)CC(N)c1c(Cl)cc(Cl)c(Cl)c1Cl. The topological polar surface area (TPSA) is 52.3 Å². The van der Waals surface area contributed by atoms with Crippen molar-refractivity contribution in [3.8, 4) is 0 Å². The van der Waals surface area contributed by atoms with E-state index in [2.05, 4.69) is 0 Å². The van der Waals surface area contributed by atoms with Crippen LogP contribution in [0.25, 0.3) is 0 Å². The molecule has 0 aromatic heterocycles. The molecule has 1 rings (SSSR count). The van der Waals surface area contributed by atoms with Gasteiger partial charge in [0.2, 0.25) is 0 Å². The molecule has 0 aliphatic heterocycles. The van der Waals surface area contributed by atoms with Gasteiger partial charge in [-0.25, -0.2) is 0 Å². The molecule has 1 unspecified atom stereocenters. The molecule has 20 heavy (non-hydrogen) atoms. The van der Waals surface area contributed by atoms with Gasteiger partial charge in [0.25, 0.3) is 0 Å². The second-order valence-electron chi connectivity index (χ2n) is 5.07. The highest BCUT2D eigenvalue weighted by atomic mass is 35.5. The van der Waals surface area contributed by atoms with Crippen LogP contribution in [0.3, 0.4) is 0 Å². The van der Waals surface area contributed by atoms with Gasteiger partial charge in [0.15, 0.2) is 0 Å². The normalized spacial score (nSPS) is 13.2. The highest BCUT2D eigenvalue weighted by molar-refractivity contribution is 6.49. The summed E-state index contributed by atoms with van der Waals surface area (Å²) in [6.07, 6.45) is 0.303. The van der Waals surface area contributed by atoms with Crippen LogP contribution in [0, 0.1) is 5.41 Å². The number of hydrogen-bond acceptors (Lipinski definition) is 3. The first-order chi connectivity index (χ1) is 9.11. The van der Waals surface area contributed by atoms with Gasteiger partial charge in [0.1, 0.15) is 0 Å². The average Bonchev–Trinajstić information content (AvgIpc) is 2.34. The molecule has 0 amide bonds. The van der Waals surface area contributed by atoms with Gasteiger partial charge in [-0.1, -0.05) is 46.4 Å². The van der Waals surface area contributed by atoms with E-state index in [1.807, 2.05) is 0 Å². The number of carbonyl (C=O) groups excluding carboxylic acids is 1. The molecule has 1 aromatic carbocycles. The predicted molar refractivity (Wildman–Crippen MR) is 83.8 cm³/mol. The Labute approximate surface area is 138 Å². The molecule has 0 saturated carbocycles. The van der Waals surface area contributed by atoms with Crippen LogP contribution in [0.1, 0.15) is 31.9 Å². The number of esters is 1. The summed E-state index contributed by atoms with van der Waals surface area (Å²) in [4.78, 5) is 11.7. The summed E-state index contributed by atoms with van der Waals surface area (Å²) in [5.41, 5.74) is 5.82. The lowest BCUT2D eigenvalue weighted by atomic mass is 9.84. The smallest absolute Gasteiger partial charge is 0.311 e. The van der Waals surface area contributed by atoms with Crippen molar-refractivity contribution in [1.29, 1.82) is 0 Å². The second-order valence-corrected chi connectivity index (χ2v) is 6.64. The minimum atomic E-state index is -0.771. The van der Waals surface area contributed by atoms with Crippen molar-refractivity contribution in [2.75, 3.05) is 7.11 Å². The van der Waals surface area contributed by atoms with Gasteiger partial charge < -0.3 is 10.5 Å². The molecular formula is C13H15Cl4NO2. The fourth-order valence-corrected chi connectivity index (χ4v) is 3.13. The molecule has 3 nitrogen and oxygen atoms in total. The summed E-state index contributed by atoms with van der Waals surface area (Å²) in [6, 6.07) is 0.913. The van der Waals surface area contributed by atoms with Gasteiger partial charge in [-0.15, -0.1) is 0 Å². The van der Waals surface area contributed by atoms with Crippen molar-refractivity contribution in [3.05, 3.63) is 31.7 Å². The molecule has 2 N–H and O–H groups in total. The average molecular weight is 359 g/mol. The molecule has 0 saturated heterocycles. The Morgan fingerprint density at radius 1 is 1.25 bits per heavy atom. The molecular weight excluding hydrogens is 344 g/mol. The Hall–Kier alpha value is -0.190. The maximum atomic E-state index is 11.7. The summed E-state index contributed by atoms with van der Waals surface area (Å²) in [7, 11) is 1.33. The summed E-state index contributed by atoms with van der Waals surface area (Å²) >= 11 is 24.1. The monoisotopic (exact) mass is 357 g/mol. The number of hydrogen-bond donors (Lipinski definition) is 1. The summed E-state index contributed by atoms with van der Waals surface area (Å²) < 4.78 is 4.75. The van der Waals surface area contributed by atoms with Crippen LogP contribution in [0.5, 0.6) is 0 Å². The fourth-order valence-electron chi connectivity index (χ4n) is 1.93. The third-order valence-electron chi connectivity index (χ3n) is 2.99. The number of halogens is 4. The van der Waals surface area contributed by atoms with Gasteiger partial charge in [-0.3, -0.25) is 4.79 Å². The first-order valence-corrected chi connectivity index (χ1v) is 7.30. The van der Waals surface area contributed by atoms with Crippen molar-refractivity contribution in [3.63, 3.8) is 0 Å². The molecule has 0 radical (unpaired) electrons. The van der Waals surface area contributed by atoms with Crippen molar-refractivity contribution in [1.82, 2.24) is 0 Å². The van der Waals surface area contributed by atoms with Crippen molar-refractivity contribution < 1.29 is 9.53 Å². The van der Waals surface area contributed by atoms with Crippen LogP contribution in [0.15, 0.2) is 6.07 Å². The molecule has 0 heterocycles. The van der Waals surface area contributed by atoms with E-state index in [0.29, 0.717) is 17.0 Å². The number of benzene rings is 1. The first kappa shape index (κ1) is 17.9. The standard InChI is InChI=1S/C13H15Cl4NO2/c1-13(2,12(19)20-3)5-8(18)9-6(14)4-7(15)10(16)11(9)17/h4,8H,5,18H2,1-3H3. The maximum Gasteiger partial charge on any atom is 0.311 e. The lowest BCUT2D eigenvalue weighted by molar-refractivity contribution is -0.151. The zero-order valence-corrected chi connectivity index (χ0v) is 14.3. The Kier molecular flexibility index (Phi) is 6.00. The van der Waals surface area contributed by atoms with E-state index < -0.39 is 11.5 Å². The fraction of sp³-hybridized carbons (Fsp3) is 0.462. The molecule has 0 fully saturated rings.